The van der Waals surface area contributed by atoms with Gasteiger partial charge in [-0.25, -0.2) is 4.39 Å². The second-order valence-electron chi connectivity index (χ2n) is 2.52. The van der Waals surface area contributed by atoms with E-state index in [1.54, 1.807) is 6.07 Å². The Kier molecular flexibility index (Phi) is 1.43. The number of halogens is 1. The van der Waals surface area contributed by atoms with Gasteiger partial charge in [-0.15, -0.1) is 11.3 Å². The minimum absolute atomic E-state index is 0.111. The molecule has 11 heavy (non-hydrogen) atoms. The van der Waals surface area contributed by atoms with Crippen molar-refractivity contribution in [2.75, 3.05) is 0 Å². The van der Waals surface area contributed by atoms with Gasteiger partial charge in [-0.1, -0.05) is 12.1 Å². The van der Waals surface area contributed by atoms with Crippen LogP contribution in [0.1, 0.15) is 4.88 Å². The van der Waals surface area contributed by atoms with Crippen LogP contribution in [0.5, 0.6) is 0 Å². The topological polar surface area (TPSA) is 0 Å². The fourth-order valence-electron chi connectivity index (χ4n) is 1.16. The van der Waals surface area contributed by atoms with Gasteiger partial charge in [-0.05, 0) is 24.4 Å². The summed E-state index contributed by atoms with van der Waals surface area (Å²) in [6.07, 6.45) is 0. The van der Waals surface area contributed by atoms with Gasteiger partial charge in [0.1, 0.15) is 5.82 Å². The number of rotatable bonds is 0. The zero-order valence-corrected chi connectivity index (χ0v) is 6.91. The normalized spacial score (nSPS) is 10.7. The number of benzene rings is 1. The van der Waals surface area contributed by atoms with E-state index in [-0.39, 0.29) is 5.82 Å². The zero-order valence-electron chi connectivity index (χ0n) is 6.10. The SMILES string of the molecule is Cc1cc2cccc(F)c2s1. The third-order valence-corrected chi connectivity index (χ3v) is 2.69. The van der Waals surface area contributed by atoms with Crippen LogP contribution < -0.4 is 0 Å². The summed E-state index contributed by atoms with van der Waals surface area (Å²) in [6.45, 7) is 1.99. The van der Waals surface area contributed by atoms with Gasteiger partial charge >= 0.3 is 0 Å². The van der Waals surface area contributed by atoms with Crippen LogP contribution in [-0.2, 0) is 0 Å². The van der Waals surface area contributed by atoms with Gasteiger partial charge in [0.05, 0.1) is 4.70 Å². The quantitative estimate of drug-likeness (QED) is 0.563. The van der Waals surface area contributed by atoms with Gasteiger partial charge in [0.2, 0.25) is 0 Å². The van der Waals surface area contributed by atoms with Crippen molar-refractivity contribution in [3.8, 4) is 0 Å². The Morgan fingerprint density at radius 1 is 1.36 bits per heavy atom. The number of fused-ring (bicyclic) bond motifs is 1. The van der Waals surface area contributed by atoms with Crippen molar-refractivity contribution < 1.29 is 4.39 Å². The van der Waals surface area contributed by atoms with E-state index in [0.717, 1.165) is 15.0 Å². The maximum atomic E-state index is 13.0. The monoisotopic (exact) mass is 166 g/mol. The molecular formula is C9H7FS. The average molecular weight is 166 g/mol. The van der Waals surface area contributed by atoms with Crippen LogP contribution in [0, 0.1) is 12.7 Å². The summed E-state index contributed by atoms with van der Waals surface area (Å²) in [4.78, 5) is 1.16. The predicted octanol–water partition coefficient (Wildman–Crippen LogP) is 3.35. The third kappa shape index (κ3) is 1.03. The molecular weight excluding hydrogens is 159 g/mol. The van der Waals surface area contributed by atoms with E-state index in [0.29, 0.717) is 0 Å². The lowest BCUT2D eigenvalue weighted by Crippen LogP contribution is -1.69. The summed E-state index contributed by atoms with van der Waals surface area (Å²) in [7, 11) is 0. The summed E-state index contributed by atoms with van der Waals surface area (Å²) in [5.41, 5.74) is 0. The molecule has 2 aromatic rings. The van der Waals surface area contributed by atoms with Gasteiger partial charge in [0.15, 0.2) is 0 Å². The average Bonchev–Trinajstić information content (AvgIpc) is 2.31. The summed E-state index contributed by atoms with van der Waals surface area (Å²) in [6, 6.07) is 7.17. The minimum Gasteiger partial charge on any atom is -0.205 e. The van der Waals surface area contributed by atoms with Crippen molar-refractivity contribution >= 4 is 21.4 Å². The fraction of sp³-hybridized carbons (Fsp3) is 0.111. The van der Waals surface area contributed by atoms with E-state index in [9.17, 15) is 4.39 Å². The smallest absolute Gasteiger partial charge is 0.140 e. The zero-order chi connectivity index (χ0) is 7.84. The molecule has 0 aliphatic carbocycles. The molecule has 0 atom stereocenters. The van der Waals surface area contributed by atoms with E-state index in [1.807, 2.05) is 19.1 Å². The second-order valence-corrected chi connectivity index (χ2v) is 3.77. The molecule has 2 rings (SSSR count). The molecule has 1 aromatic heterocycles. The Morgan fingerprint density at radius 2 is 2.18 bits per heavy atom. The number of thiophene rings is 1. The van der Waals surface area contributed by atoms with Crippen molar-refractivity contribution in [3.63, 3.8) is 0 Å². The van der Waals surface area contributed by atoms with Crippen molar-refractivity contribution in [1.29, 1.82) is 0 Å². The molecule has 1 aromatic carbocycles. The molecule has 0 fully saturated rings. The third-order valence-electron chi connectivity index (χ3n) is 1.62. The molecule has 56 valence electrons. The molecule has 0 N–H and O–H groups in total. The maximum absolute atomic E-state index is 13.0. The molecule has 0 aliphatic rings. The van der Waals surface area contributed by atoms with Crippen LogP contribution in [0.3, 0.4) is 0 Å². The van der Waals surface area contributed by atoms with Crippen LogP contribution in [0.4, 0.5) is 4.39 Å². The maximum Gasteiger partial charge on any atom is 0.140 e. The van der Waals surface area contributed by atoms with E-state index in [1.165, 1.54) is 17.4 Å². The fourth-order valence-corrected chi connectivity index (χ4v) is 2.07. The van der Waals surface area contributed by atoms with E-state index in [2.05, 4.69) is 0 Å². The number of hydrogen-bond acceptors (Lipinski definition) is 1. The Labute approximate surface area is 68.3 Å². The van der Waals surface area contributed by atoms with Crippen LogP contribution in [-0.4, -0.2) is 0 Å². The molecule has 2 heteroatoms. The van der Waals surface area contributed by atoms with Crippen molar-refractivity contribution in [2.24, 2.45) is 0 Å². The summed E-state index contributed by atoms with van der Waals surface area (Å²) >= 11 is 1.50. The molecule has 0 radical (unpaired) electrons. The van der Waals surface area contributed by atoms with Crippen molar-refractivity contribution in [1.82, 2.24) is 0 Å². The van der Waals surface area contributed by atoms with Crippen LogP contribution in [0.2, 0.25) is 0 Å². The van der Waals surface area contributed by atoms with Gasteiger partial charge in [0.25, 0.3) is 0 Å². The number of aryl methyl sites for hydroxylation is 1. The van der Waals surface area contributed by atoms with Crippen LogP contribution in [0.25, 0.3) is 10.1 Å². The van der Waals surface area contributed by atoms with Gasteiger partial charge in [0, 0.05) is 4.88 Å². The first-order valence-corrected chi connectivity index (χ1v) is 4.24. The Balaban J connectivity index is 2.90. The lowest BCUT2D eigenvalue weighted by molar-refractivity contribution is 0.642. The summed E-state index contributed by atoms with van der Waals surface area (Å²) < 4.78 is 13.8. The first-order valence-electron chi connectivity index (χ1n) is 3.42. The molecule has 0 saturated carbocycles. The Bertz CT molecular complexity index is 389. The van der Waals surface area contributed by atoms with Gasteiger partial charge < -0.3 is 0 Å². The molecule has 0 bridgehead atoms. The highest BCUT2D eigenvalue weighted by molar-refractivity contribution is 7.19. The van der Waals surface area contributed by atoms with Crippen LogP contribution in [0.15, 0.2) is 24.3 Å². The highest BCUT2D eigenvalue weighted by Crippen LogP contribution is 2.26. The second kappa shape index (κ2) is 2.31. The molecule has 0 aliphatic heterocycles. The predicted molar refractivity (Wildman–Crippen MR) is 46.5 cm³/mol. The first kappa shape index (κ1) is 6.80. The van der Waals surface area contributed by atoms with Crippen molar-refractivity contribution in [2.45, 2.75) is 6.92 Å². The van der Waals surface area contributed by atoms with Gasteiger partial charge in [-0.3, -0.25) is 0 Å². The number of hydrogen-bond donors (Lipinski definition) is 0. The standard InChI is InChI=1S/C9H7FS/c1-6-5-7-3-2-4-8(10)9(7)11-6/h2-5H,1H3. The minimum atomic E-state index is -0.111. The highest BCUT2D eigenvalue weighted by Gasteiger charge is 2.01. The summed E-state index contributed by atoms with van der Waals surface area (Å²) in [5.74, 6) is -0.111. The van der Waals surface area contributed by atoms with E-state index < -0.39 is 0 Å². The molecule has 0 unspecified atom stereocenters. The van der Waals surface area contributed by atoms with E-state index in [4.69, 9.17) is 0 Å². The molecule has 0 saturated heterocycles. The Hall–Kier alpha value is -0.890. The first-order chi connectivity index (χ1) is 5.27. The lowest BCUT2D eigenvalue weighted by Gasteiger charge is -1.87. The highest BCUT2D eigenvalue weighted by atomic mass is 32.1. The largest absolute Gasteiger partial charge is 0.205 e. The lowest BCUT2D eigenvalue weighted by atomic mass is 10.2. The Morgan fingerprint density at radius 3 is 2.91 bits per heavy atom. The molecule has 0 nitrogen and oxygen atoms in total. The van der Waals surface area contributed by atoms with Crippen molar-refractivity contribution in [3.05, 3.63) is 35.0 Å². The van der Waals surface area contributed by atoms with Crippen LogP contribution >= 0.6 is 11.3 Å². The summed E-state index contributed by atoms with van der Waals surface area (Å²) in [5, 5.41) is 1.01. The molecule has 1 heterocycles. The van der Waals surface area contributed by atoms with Gasteiger partial charge in [-0.2, -0.15) is 0 Å². The van der Waals surface area contributed by atoms with E-state index >= 15 is 0 Å². The molecule has 0 amide bonds. The molecule has 0 spiro atoms.